The molecule has 1 atom stereocenters. The van der Waals surface area contributed by atoms with Crippen LogP contribution in [0, 0.1) is 0 Å². The molecule has 2 amide bonds. The second kappa shape index (κ2) is 10.1. The number of nitrogens with one attached hydrogen (secondary N) is 2. The van der Waals surface area contributed by atoms with Gasteiger partial charge < -0.3 is 24.7 Å². The van der Waals surface area contributed by atoms with Crippen molar-refractivity contribution in [3.63, 3.8) is 0 Å². The third-order valence-electron chi connectivity index (χ3n) is 5.14. The maximum atomic E-state index is 12.3. The number of carbonyl (C=O) groups is 2. The van der Waals surface area contributed by atoms with Crippen molar-refractivity contribution >= 4 is 11.8 Å². The maximum Gasteiger partial charge on any atom is 0.309 e. The fraction of sp³-hybridized carbons (Fsp3) is 0.429. The van der Waals surface area contributed by atoms with Gasteiger partial charge in [-0.1, -0.05) is 12.1 Å². The van der Waals surface area contributed by atoms with Crippen LogP contribution in [0.5, 0.6) is 5.75 Å². The Bertz CT molecular complexity index is 784. The van der Waals surface area contributed by atoms with Crippen LogP contribution in [0.25, 0.3) is 0 Å². The molecule has 0 bridgehead atoms. The van der Waals surface area contributed by atoms with Crippen molar-refractivity contribution in [2.24, 2.45) is 0 Å². The molecule has 1 saturated heterocycles. The number of amides is 2. The molecule has 1 unspecified atom stereocenters. The van der Waals surface area contributed by atoms with E-state index in [1.54, 1.807) is 19.2 Å². The number of hydrogen-bond donors (Lipinski definition) is 2. The first kappa shape index (κ1) is 20.9. The van der Waals surface area contributed by atoms with Crippen molar-refractivity contribution in [2.45, 2.75) is 12.6 Å². The summed E-state index contributed by atoms with van der Waals surface area (Å²) in [5.74, 6) is 0.0596. The van der Waals surface area contributed by atoms with Gasteiger partial charge in [-0.05, 0) is 36.9 Å². The Labute approximate surface area is 170 Å². The highest BCUT2D eigenvalue weighted by Gasteiger charge is 2.25. The summed E-state index contributed by atoms with van der Waals surface area (Å²) in [5, 5.41) is 5.35. The molecule has 0 saturated carbocycles. The Kier molecular flexibility index (Phi) is 7.26. The quantitative estimate of drug-likeness (QED) is 0.675. The lowest BCUT2D eigenvalue weighted by atomic mass is 10.0. The minimum absolute atomic E-state index is 0.0172. The number of rotatable bonds is 7. The van der Waals surface area contributed by atoms with Crippen LogP contribution in [0.3, 0.4) is 0 Å². The molecule has 1 aromatic heterocycles. The molecule has 2 aromatic rings. The number of carbonyl (C=O) groups excluding carboxylic acids is 2. The fourth-order valence-corrected chi connectivity index (χ4v) is 3.35. The van der Waals surface area contributed by atoms with E-state index in [2.05, 4.69) is 27.5 Å². The van der Waals surface area contributed by atoms with Crippen molar-refractivity contribution in [3.8, 4) is 5.75 Å². The predicted molar refractivity (Wildman–Crippen MR) is 108 cm³/mol. The van der Waals surface area contributed by atoms with Gasteiger partial charge in [-0.3, -0.25) is 14.5 Å². The molecule has 1 aliphatic rings. The highest BCUT2D eigenvalue weighted by Crippen LogP contribution is 2.23. The SMILES string of the molecule is COc1ccc(C(CNC(=O)C(=O)NCc2ccco2)N2CCN(C)CC2)cc1. The van der Waals surface area contributed by atoms with Crippen molar-refractivity contribution in [1.29, 1.82) is 0 Å². The summed E-state index contributed by atoms with van der Waals surface area (Å²) in [6.07, 6.45) is 1.52. The van der Waals surface area contributed by atoms with Crippen LogP contribution in [0.4, 0.5) is 0 Å². The summed E-state index contributed by atoms with van der Waals surface area (Å²) in [6, 6.07) is 11.3. The number of ether oxygens (including phenoxy) is 1. The van der Waals surface area contributed by atoms with E-state index in [0.717, 1.165) is 37.5 Å². The van der Waals surface area contributed by atoms with Crippen LogP contribution in [0.15, 0.2) is 47.1 Å². The van der Waals surface area contributed by atoms with Crippen LogP contribution >= 0.6 is 0 Å². The highest BCUT2D eigenvalue weighted by atomic mass is 16.5. The van der Waals surface area contributed by atoms with Gasteiger partial charge in [0.1, 0.15) is 11.5 Å². The molecule has 2 heterocycles. The Morgan fingerprint density at radius 3 is 2.38 bits per heavy atom. The lowest BCUT2D eigenvalue weighted by Crippen LogP contribution is -2.49. The third-order valence-corrected chi connectivity index (χ3v) is 5.14. The second-order valence-corrected chi connectivity index (χ2v) is 7.10. The van der Waals surface area contributed by atoms with Gasteiger partial charge >= 0.3 is 11.8 Å². The summed E-state index contributed by atoms with van der Waals surface area (Å²) >= 11 is 0. The van der Waals surface area contributed by atoms with Crippen LogP contribution in [0.2, 0.25) is 0 Å². The van der Waals surface area contributed by atoms with Crippen LogP contribution in [-0.2, 0) is 16.1 Å². The van der Waals surface area contributed by atoms with Gasteiger partial charge in [-0.25, -0.2) is 0 Å². The van der Waals surface area contributed by atoms with E-state index in [1.807, 2.05) is 24.3 Å². The molecule has 1 fully saturated rings. The molecular weight excluding hydrogens is 372 g/mol. The first-order valence-corrected chi connectivity index (χ1v) is 9.72. The molecule has 8 heteroatoms. The summed E-state index contributed by atoms with van der Waals surface area (Å²) in [4.78, 5) is 29.0. The van der Waals surface area contributed by atoms with Gasteiger partial charge in [0.2, 0.25) is 0 Å². The fourth-order valence-electron chi connectivity index (χ4n) is 3.35. The Balaban J connectivity index is 1.61. The number of methoxy groups -OCH3 is 1. The highest BCUT2D eigenvalue weighted by molar-refractivity contribution is 6.35. The minimum atomic E-state index is -0.673. The van der Waals surface area contributed by atoms with E-state index in [1.165, 1.54) is 6.26 Å². The summed E-state index contributed by atoms with van der Waals surface area (Å²) in [5.41, 5.74) is 1.08. The molecule has 8 nitrogen and oxygen atoms in total. The summed E-state index contributed by atoms with van der Waals surface area (Å²) < 4.78 is 10.4. The van der Waals surface area contributed by atoms with Crippen molar-refractivity contribution in [1.82, 2.24) is 20.4 Å². The van der Waals surface area contributed by atoms with E-state index in [9.17, 15) is 9.59 Å². The second-order valence-electron chi connectivity index (χ2n) is 7.10. The Hall–Kier alpha value is -2.84. The summed E-state index contributed by atoms with van der Waals surface area (Å²) in [7, 11) is 3.74. The van der Waals surface area contributed by atoms with Gasteiger partial charge in [0, 0.05) is 32.7 Å². The molecule has 156 valence electrons. The number of nitrogens with zero attached hydrogens (tertiary/aromatic N) is 2. The minimum Gasteiger partial charge on any atom is -0.497 e. The topological polar surface area (TPSA) is 87.0 Å². The zero-order valence-electron chi connectivity index (χ0n) is 16.9. The number of piperazine rings is 1. The van der Waals surface area contributed by atoms with Crippen LogP contribution < -0.4 is 15.4 Å². The van der Waals surface area contributed by atoms with Crippen molar-refractivity contribution in [3.05, 3.63) is 54.0 Å². The van der Waals surface area contributed by atoms with Gasteiger partial charge in [-0.2, -0.15) is 0 Å². The van der Waals surface area contributed by atoms with Crippen molar-refractivity contribution < 1.29 is 18.7 Å². The zero-order chi connectivity index (χ0) is 20.6. The van der Waals surface area contributed by atoms with Crippen molar-refractivity contribution in [2.75, 3.05) is 46.9 Å². The number of hydrogen-bond acceptors (Lipinski definition) is 6. The van der Waals surface area contributed by atoms with E-state index in [-0.39, 0.29) is 12.6 Å². The predicted octanol–water partition coefficient (Wildman–Crippen LogP) is 1.01. The number of likely N-dealkylation sites (N-methyl/N-ethyl adjacent to an activating group) is 1. The largest absolute Gasteiger partial charge is 0.497 e. The molecule has 0 spiro atoms. The number of furan rings is 1. The molecular formula is C21H28N4O4. The standard InChI is InChI=1S/C21H28N4O4/c1-24-9-11-25(12-10-24)19(16-5-7-17(28-2)8-6-16)15-23-21(27)20(26)22-14-18-4-3-13-29-18/h3-8,13,19H,9-12,14-15H2,1-2H3,(H,22,26)(H,23,27). The molecule has 0 aliphatic carbocycles. The average Bonchev–Trinajstić information content (AvgIpc) is 3.27. The first-order valence-electron chi connectivity index (χ1n) is 9.72. The molecule has 1 aliphatic heterocycles. The Morgan fingerprint density at radius 1 is 1.07 bits per heavy atom. The number of benzene rings is 1. The lowest BCUT2D eigenvalue weighted by molar-refractivity contribution is -0.139. The monoisotopic (exact) mass is 400 g/mol. The molecule has 29 heavy (non-hydrogen) atoms. The normalized spacial score (nSPS) is 16.2. The molecule has 3 rings (SSSR count). The van der Waals surface area contributed by atoms with Crippen LogP contribution in [0.1, 0.15) is 17.4 Å². The van der Waals surface area contributed by atoms with Gasteiger partial charge in [0.25, 0.3) is 0 Å². The summed E-state index contributed by atoms with van der Waals surface area (Å²) in [6.45, 7) is 4.25. The van der Waals surface area contributed by atoms with Gasteiger partial charge in [-0.15, -0.1) is 0 Å². The van der Waals surface area contributed by atoms with E-state index < -0.39 is 11.8 Å². The van der Waals surface area contributed by atoms with E-state index >= 15 is 0 Å². The van der Waals surface area contributed by atoms with E-state index in [0.29, 0.717) is 12.3 Å². The third kappa shape index (κ3) is 5.82. The first-order chi connectivity index (χ1) is 14.1. The van der Waals surface area contributed by atoms with E-state index in [4.69, 9.17) is 9.15 Å². The lowest BCUT2D eigenvalue weighted by Gasteiger charge is -2.38. The average molecular weight is 400 g/mol. The van der Waals surface area contributed by atoms with Crippen LogP contribution in [-0.4, -0.2) is 68.5 Å². The zero-order valence-corrected chi connectivity index (χ0v) is 16.9. The van der Waals surface area contributed by atoms with Gasteiger partial charge in [0.05, 0.1) is 26.0 Å². The van der Waals surface area contributed by atoms with Gasteiger partial charge in [0.15, 0.2) is 0 Å². The molecule has 0 radical (unpaired) electrons. The Morgan fingerprint density at radius 2 is 1.76 bits per heavy atom. The molecule has 1 aromatic carbocycles. The smallest absolute Gasteiger partial charge is 0.309 e. The maximum absolute atomic E-state index is 12.3. The molecule has 2 N–H and O–H groups in total.